The number of carbonyl (C=O) groups is 4. The van der Waals surface area contributed by atoms with Gasteiger partial charge >= 0.3 is 23.9 Å². The highest BCUT2D eigenvalue weighted by molar-refractivity contribution is 5.92. The first kappa shape index (κ1) is 31.1. The Bertz CT molecular complexity index is 1600. The highest BCUT2D eigenvalue weighted by atomic mass is 16.6. The third kappa shape index (κ3) is 7.26. The van der Waals surface area contributed by atoms with Crippen LogP contribution in [0.2, 0.25) is 0 Å². The maximum Gasteiger partial charge on any atom is 0.338 e. The second-order valence-electron chi connectivity index (χ2n) is 10.1. The lowest BCUT2D eigenvalue weighted by molar-refractivity contribution is -0.229. The highest BCUT2D eigenvalue weighted by Gasteiger charge is 2.58. The van der Waals surface area contributed by atoms with Crippen molar-refractivity contribution in [2.24, 2.45) is 0 Å². The molecule has 230 valence electrons. The van der Waals surface area contributed by atoms with Gasteiger partial charge in [0.2, 0.25) is 0 Å². The van der Waals surface area contributed by atoms with Crippen molar-refractivity contribution in [3.05, 3.63) is 144 Å². The SMILES string of the molecule is CO[C@H]1[C@H](OC(=O)c2ccccc2)[C@@H](OC(=O)c2ccccc2)[C@H](OC(=O)c2ccccc2)[C@H](O)[C@H]1OC(=O)c1ccccc1. The van der Waals surface area contributed by atoms with Gasteiger partial charge in [0.15, 0.2) is 24.4 Å². The molecular formula is C35H30O10. The molecule has 10 heteroatoms. The molecular weight excluding hydrogens is 580 g/mol. The molecule has 0 amide bonds. The first-order valence-electron chi connectivity index (χ1n) is 14.1. The maximum atomic E-state index is 13.4. The molecule has 0 bridgehead atoms. The number of aliphatic hydroxyl groups is 1. The monoisotopic (exact) mass is 610 g/mol. The van der Waals surface area contributed by atoms with E-state index in [0.717, 1.165) is 0 Å². The fourth-order valence-electron chi connectivity index (χ4n) is 5.01. The molecule has 1 aliphatic rings. The van der Waals surface area contributed by atoms with Crippen LogP contribution in [0, 0.1) is 0 Å². The summed E-state index contributed by atoms with van der Waals surface area (Å²) in [5.74, 6) is -3.34. The largest absolute Gasteiger partial charge is 0.453 e. The van der Waals surface area contributed by atoms with Crippen LogP contribution in [0.1, 0.15) is 41.4 Å². The van der Waals surface area contributed by atoms with Gasteiger partial charge in [-0.3, -0.25) is 0 Å². The van der Waals surface area contributed by atoms with Gasteiger partial charge in [-0.1, -0.05) is 72.8 Å². The number of hydrogen-bond donors (Lipinski definition) is 1. The predicted octanol–water partition coefficient (Wildman–Crippen LogP) is 4.28. The number of rotatable bonds is 9. The van der Waals surface area contributed by atoms with E-state index >= 15 is 0 Å². The Hall–Kier alpha value is -5.32. The molecule has 4 aromatic rings. The highest BCUT2D eigenvalue weighted by Crippen LogP contribution is 2.34. The minimum atomic E-state index is -1.78. The van der Waals surface area contributed by atoms with Crippen LogP contribution in [-0.4, -0.2) is 72.7 Å². The molecule has 0 aromatic heterocycles. The molecule has 5 rings (SSSR count). The average molecular weight is 611 g/mol. The fraction of sp³-hybridized carbons (Fsp3) is 0.200. The molecule has 0 unspecified atom stereocenters. The third-order valence-electron chi connectivity index (χ3n) is 7.25. The molecule has 1 saturated carbocycles. The van der Waals surface area contributed by atoms with Crippen LogP contribution in [0.15, 0.2) is 121 Å². The zero-order chi connectivity index (χ0) is 31.8. The van der Waals surface area contributed by atoms with Gasteiger partial charge in [-0.2, -0.15) is 0 Å². The molecule has 0 aliphatic heterocycles. The fourth-order valence-corrected chi connectivity index (χ4v) is 5.01. The quantitative estimate of drug-likeness (QED) is 0.216. The number of ether oxygens (including phenoxy) is 5. The first-order chi connectivity index (χ1) is 21.9. The van der Waals surface area contributed by atoms with Crippen LogP contribution in [-0.2, 0) is 23.7 Å². The summed E-state index contributed by atoms with van der Waals surface area (Å²) in [6, 6.07) is 32.0. The molecule has 4 aromatic carbocycles. The van der Waals surface area contributed by atoms with Crippen molar-refractivity contribution in [3.8, 4) is 0 Å². The van der Waals surface area contributed by atoms with Crippen LogP contribution >= 0.6 is 0 Å². The first-order valence-corrected chi connectivity index (χ1v) is 14.1. The normalized spacial score (nSPS) is 22.4. The molecule has 0 spiro atoms. The summed E-state index contributed by atoms with van der Waals surface area (Å²) in [5, 5.41) is 11.7. The van der Waals surface area contributed by atoms with E-state index in [0.29, 0.717) is 0 Å². The number of hydrogen-bond acceptors (Lipinski definition) is 10. The maximum absolute atomic E-state index is 13.4. The smallest absolute Gasteiger partial charge is 0.338 e. The van der Waals surface area contributed by atoms with Gasteiger partial charge < -0.3 is 28.8 Å². The van der Waals surface area contributed by atoms with Crippen LogP contribution in [0.4, 0.5) is 0 Å². The van der Waals surface area contributed by atoms with E-state index in [4.69, 9.17) is 23.7 Å². The lowest BCUT2D eigenvalue weighted by atomic mass is 9.83. The lowest BCUT2D eigenvalue weighted by Crippen LogP contribution is -2.68. The van der Waals surface area contributed by atoms with E-state index < -0.39 is 60.5 Å². The summed E-state index contributed by atoms with van der Waals surface area (Å²) in [5.41, 5.74) is 0.636. The van der Waals surface area contributed by atoms with E-state index in [9.17, 15) is 24.3 Å². The van der Waals surface area contributed by atoms with Crippen LogP contribution in [0.25, 0.3) is 0 Å². The minimum absolute atomic E-state index is 0.141. The summed E-state index contributed by atoms with van der Waals surface area (Å²) in [6.45, 7) is 0. The van der Waals surface area contributed by atoms with Crippen LogP contribution in [0.5, 0.6) is 0 Å². The van der Waals surface area contributed by atoms with Gasteiger partial charge in [0.1, 0.15) is 12.2 Å². The van der Waals surface area contributed by atoms with Gasteiger partial charge in [0.25, 0.3) is 0 Å². The molecule has 0 radical (unpaired) electrons. The van der Waals surface area contributed by atoms with Gasteiger partial charge in [-0.15, -0.1) is 0 Å². The zero-order valence-corrected chi connectivity index (χ0v) is 24.1. The molecule has 1 fully saturated rings. The predicted molar refractivity (Wildman–Crippen MR) is 159 cm³/mol. The summed E-state index contributed by atoms with van der Waals surface area (Å²) < 4.78 is 28.9. The molecule has 10 nitrogen and oxygen atoms in total. The molecule has 6 atom stereocenters. The summed E-state index contributed by atoms with van der Waals surface area (Å²) in [4.78, 5) is 53.2. The Balaban J connectivity index is 1.56. The van der Waals surface area contributed by atoms with E-state index in [1.54, 1.807) is 72.8 Å². The Kier molecular flexibility index (Phi) is 9.98. The topological polar surface area (TPSA) is 135 Å². The number of methoxy groups -OCH3 is 1. The van der Waals surface area contributed by atoms with E-state index in [-0.39, 0.29) is 22.3 Å². The second-order valence-corrected chi connectivity index (χ2v) is 10.1. The number of benzene rings is 4. The summed E-state index contributed by atoms with van der Waals surface area (Å²) >= 11 is 0. The average Bonchev–Trinajstić information content (AvgIpc) is 3.09. The lowest BCUT2D eigenvalue weighted by Gasteiger charge is -2.46. The Morgan fingerprint density at radius 3 is 0.956 bits per heavy atom. The number of carbonyl (C=O) groups excluding carboxylic acids is 4. The van der Waals surface area contributed by atoms with Crippen molar-refractivity contribution in [2.45, 2.75) is 36.6 Å². The van der Waals surface area contributed by atoms with Crippen molar-refractivity contribution in [1.82, 2.24) is 0 Å². The van der Waals surface area contributed by atoms with E-state index in [1.807, 2.05) is 0 Å². The summed E-state index contributed by atoms with van der Waals surface area (Å²) in [7, 11) is 1.26. The zero-order valence-electron chi connectivity index (χ0n) is 24.1. The Morgan fingerprint density at radius 1 is 0.422 bits per heavy atom. The van der Waals surface area contributed by atoms with Crippen molar-refractivity contribution in [3.63, 3.8) is 0 Å². The number of aliphatic hydroxyl groups excluding tert-OH is 1. The van der Waals surface area contributed by atoms with Gasteiger partial charge in [-0.05, 0) is 48.5 Å². The Labute approximate surface area is 259 Å². The van der Waals surface area contributed by atoms with Crippen molar-refractivity contribution < 1.29 is 48.0 Å². The van der Waals surface area contributed by atoms with E-state index in [2.05, 4.69) is 0 Å². The molecule has 45 heavy (non-hydrogen) atoms. The Morgan fingerprint density at radius 2 is 0.667 bits per heavy atom. The molecule has 0 heterocycles. The standard InChI is InChI=1S/C35H30O10/c1-41-29-27(42-32(37)22-14-6-2-7-15-22)26(36)28(43-33(38)23-16-8-3-9-17-23)30(44-34(39)24-18-10-4-11-19-24)31(29)45-35(40)25-20-12-5-13-21-25/h2-21,26-31,36H,1H3/t26-,27-,28-,29-,30+,31+/m1/s1. The van der Waals surface area contributed by atoms with Gasteiger partial charge in [0, 0.05) is 7.11 Å². The third-order valence-corrected chi connectivity index (χ3v) is 7.25. The molecule has 1 N–H and O–H groups in total. The molecule has 1 aliphatic carbocycles. The minimum Gasteiger partial charge on any atom is -0.453 e. The molecule has 0 saturated heterocycles. The van der Waals surface area contributed by atoms with Gasteiger partial charge in [0.05, 0.1) is 22.3 Å². The van der Waals surface area contributed by atoms with Crippen molar-refractivity contribution >= 4 is 23.9 Å². The summed E-state index contributed by atoms with van der Waals surface area (Å²) in [6.07, 6.45) is -9.45. The van der Waals surface area contributed by atoms with Crippen molar-refractivity contribution in [1.29, 1.82) is 0 Å². The van der Waals surface area contributed by atoms with Crippen LogP contribution < -0.4 is 0 Å². The second kappa shape index (κ2) is 14.4. The van der Waals surface area contributed by atoms with Crippen LogP contribution in [0.3, 0.4) is 0 Å². The number of esters is 4. The van der Waals surface area contributed by atoms with Crippen molar-refractivity contribution in [2.75, 3.05) is 7.11 Å². The van der Waals surface area contributed by atoms with Gasteiger partial charge in [-0.25, -0.2) is 19.2 Å². The van der Waals surface area contributed by atoms with E-state index in [1.165, 1.54) is 55.6 Å².